The summed E-state index contributed by atoms with van der Waals surface area (Å²) in [7, 11) is 0. The number of aryl methyl sites for hydroxylation is 2. The van der Waals surface area contributed by atoms with Gasteiger partial charge in [0.2, 0.25) is 0 Å². The summed E-state index contributed by atoms with van der Waals surface area (Å²) in [5.74, 6) is 0. The van der Waals surface area contributed by atoms with Crippen molar-refractivity contribution in [1.82, 2.24) is 15.1 Å². The second-order valence-electron chi connectivity index (χ2n) is 4.17. The summed E-state index contributed by atoms with van der Waals surface area (Å²) < 4.78 is 3.20. The van der Waals surface area contributed by atoms with Gasteiger partial charge < -0.3 is 5.32 Å². The lowest BCUT2D eigenvalue weighted by molar-refractivity contribution is 0.570. The van der Waals surface area contributed by atoms with Crippen LogP contribution < -0.4 is 5.32 Å². The molecule has 0 bridgehead atoms. The lowest BCUT2D eigenvalue weighted by Gasteiger charge is -2.10. The first-order chi connectivity index (χ1) is 8.10. The molecule has 1 rings (SSSR count). The lowest BCUT2D eigenvalue weighted by Crippen LogP contribution is -2.20. The molecular formula is C12H22BrN3S. The molecule has 0 aliphatic rings. The molecule has 5 heteroatoms. The van der Waals surface area contributed by atoms with Gasteiger partial charge in [-0.05, 0) is 49.0 Å². The van der Waals surface area contributed by atoms with Crippen molar-refractivity contribution in [1.29, 1.82) is 0 Å². The van der Waals surface area contributed by atoms with Crippen molar-refractivity contribution < 1.29 is 0 Å². The fourth-order valence-electron chi connectivity index (χ4n) is 1.67. The summed E-state index contributed by atoms with van der Waals surface area (Å²) >= 11 is 5.53. The minimum Gasteiger partial charge on any atom is -0.311 e. The van der Waals surface area contributed by atoms with Crippen molar-refractivity contribution in [3.05, 3.63) is 15.9 Å². The molecule has 0 radical (unpaired) electrons. The zero-order valence-corrected chi connectivity index (χ0v) is 13.5. The molecule has 1 atom stereocenters. The van der Waals surface area contributed by atoms with Gasteiger partial charge >= 0.3 is 0 Å². The van der Waals surface area contributed by atoms with E-state index in [1.807, 2.05) is 18.7 Å². The van der Waals surface area contributed by atoms with Crippen LogP contribution in [-0.2, 0) is 13.1 Å². The second kappa shape index (κ2) is 7.44. The van der Waals surface area contributed by atoms with Gasteiger partial charge in [-0.1, -0.05) is 6.92 Å². The molecule has 0 aliphatic carbocycles. The van der Waals surface area contributed by atoms with E-state index in [4.69, 9.17) is 0 Å². The molecule has 0 spiro atoms. The summed E-state index contributed by atoms with van der Waals surface area (Å²) in [6, 6.07) is 0. The number of rotatable bonds is 7. The van der Waals surface area contributed by atoms with Crippen molar-refractivity contribution in [3.63, 3.8) is 0 Å². The van der Waals surface area contributed by atoms with E-state index in [1.165, 1.54) is 12.1 Å². The average molecular weight is 320 g/mol. The van der Waals surface area contributed by atoms with Gasteiger partial charge in [0.05, 0.1) is 15.9 Å². The van der Waals surface area contributed by atoms with E-state index in [1.54, 1.807) is 0 Å². The maximum atomic E-state index is 4.48. The Kier molecular flexibility index (Phi) is 6.59. The summed E-state index contributed by atoms with van der Waals surface area (Å²) in [6.07, 6.45) is 3.37. The zero-order chi connectivity index (χ0) is 12.8. The van der Waals surface area contributed by atoms with Crippen LogP contribution in [-0.4, -0.2) is 27.8 Å². The van der Waals surface area contributed by atoms with E-state index < -0.39 is 0 Å². The minimum atomic E-state index is 0.726. The Morgan fingerprint density at radius 1 is 1.53 bits per heavy atom. The number of halogens is 1. The number of nitrogens with zero attached hydrogens (tertiary/aromatic N) is 2. The van der Waals surface area contributed by atoms with Crippen LogP contribution in [0.15, 0.2) is 4.47 Å². The van der Waals surface area contributed by atoms with E-state index in [0.29, 0.717) is 0 Å². The molecule has 3 nitrogen and oxygen atoms in total. The topological polar surface area (TPSA) is 29.9 Å². The molecule has 1 N–H and O–H groups in total. The van der Waals surface area contributed by atoms with Gasteiger partial charge in [0.1, 0.15) is 0 Å². The molecule has 1 aromatic rings. The average Bonchev–Trinajstić information content (AvgIpc) is 2.61. The molecule has 1 heterocycles. The van der Waals surface area contributed by atoms with Crippen LogP contribution in [0.2, 0.25) is 0 Å². The molecule has 98 valence electrons. The highest BCUT2D eigenvalue weighted by molar-refractivity contribution is 9.10. The largest absolute Gasteiger partial charge is 0.311 e. The number of hydrogen-bond acceptors (Lipinski definition) is 3. The predicted molar refractivity (Wildman–Crippen MR) is 79.6 cm³/mol. The first-order valence-electron chi connectivity index (χ1n) is 6.05. The van der Waals surface area contributed by atoms with E-state index in [9.17, 15) is 0 Å². The Hall–Kier alpha value is -0.0000000000000000555. The highest BCUT2D eigenvalue weighted by Crippen LogP contribution is 2.20. The quantitative estimate of drug-likeness (QED) is 0.783. The maximum absolute atomic E-state index is 4.48. The third-order valence-corrected chi connectivity index (χ3v) is 4.95. The van der Waals surface area contributed by atoms with Gasteiger partial charge in [-0.15, -0.1) is 0 Å². The third-order valence-electron chi connectivity index (χ3n) is 2.88. The summed E-state index contributed by atoms with van der Waals surface area (Å²) in [5.41, 5.74) is 2.32. The third kappa shape index (κ3) is 4.30. The molecule has 17 heavy (non-hydrogen) atoms. The fourth-order valence-corrected chi connectivity index (χ4v) is 2.45. The van der Waals surface area contributed by atoms with Gasteiger partial charge in [0, 0.05) is 18.3 Å². The molecule has 0 amide bonds. The fraction of sp³-hybridized carbons (Fsp3) is 0.750. The molecule has 1 aromatic heterocycles. The number of aromatic nitrogens is 2. The van der Waals surface area contributed by atoms with Crippen molar-refractivity contribution in [3.8, 4) is 0 Å². The van der Waals surface area contributed by atoms with Gasteiger partial charge in [-0.3, -0.25) is 4.68 Å². The van der Waals surface area contributed by atoms with Crippen molar-refractivity contribution >= 4 is 27.7 Å². The van der Waals surface area contributed by atoms with Crippen LogP contribution in [0, 0.1) is 6.92 Å². The first-order valence-corrected chi connectivity index (χ1v) is 8.13. The van der Waals surface area contributed by atoms with Crippen molar-refractivity contribution in [2.24, 2.45) is 0 Å². The summed E-state index contributed by atoms with van der Waals surface area (Å²) in [6.45, 7) is 9.29. The molecular weight excluding hydrogens is 298 g/mol. The second-order valence-corrected chi connectivity index (χ2v) is 6.24. The van der Waals surface area contributed by atoms with Crippen LogP contribution in [0.3, 0.4) is 0 Å². The van der Waals surface area contributed by atoms with Gasteiger partial charge in [0.15, 0.2) is 0 Å². The van der Waals surface area contributed by atoms with Crippen molar-refractivity contribution in [2.45, 2.75) is 45.5 Å². The smallest absolute Gasteiger partial charge is 0.0739 e. The van der Waals surface area contributed by atoms with Crippen LogP contribution >= 0.6 is 27.7 Å². The Balaban J connectivity index is 2.46. The zero-order valence-electron chi connectivity index (χ0n) is 11.1. The SMILES string of the molecule is CCn1nc(C)c(Br)c1CNCCC(C)SC. The molecule has 0 aliphatic heterocycles. The minimum absolute atomic E-state index is 0.726. The Morgan fingerprint density at radius 3 is 2.82 bits per heavy atom. The first kappa shape index (κ1) is 15.1. The van der Waals surface area contributed by atoms with Crippen LogP contribution in [0.5, 0.6) is 0 Å². The van der Waals surface area contributed by atoms with Gasteiger partial charge in [0.25, 0.3) is 0 Å². The highest BCUT2D eigenvalue weighted by Gasteiger charge is 2.11. The maximum Gasteiger partial charge on any atom is 0.0739 e. The Morgan fingerprint density at radius 2 is 2.24 bits per heavy atom. The van der Waals surface area contributed by atoms with Crippen LogP contribution in [0.25, 0.3) is 0 Å². The number of hydrogen-bond donors (Lipinski definition) is 1. The Labute approximate surface area is 117 Å². The van der Waals surface area contributed by atoms with Gasteiger partial charge in [-0.2, -0.15) is 16.9 Å². The van der Waals surface area contributed by atoms with E-state index >= 15 is 0 Å². The highest BCUT2D eigenvalue weighted by atomic mass is 79.9. The Bertz CT molecular complexity index is 352. The molecule has 1 unspecified atom stereocenters. The molecule has 0 saturated carbocycles. The van der Waals surface area contributed by atoms with Crippen molar-refractivity contribution in [2.75, 3.05) is 12.8 Å². The number of nitrogens with one attached hydrogen (secondary N) is 1. The van der Waals surface area contributed by atoms with E-state index in [2.05, 4.69) is 51.1 Å². The number of thioether (sulfide) groups is 1. The van der Waals surface area contributed by atoms with Crippen LogP contribution in [0.1, 0.15) is 31.7 Å². The van der Waals surface area contributed by atoms with Gasteiger partial charge in [-0.25, -0.2) is 0 Å². The van der Waals surface area contributed by atoms with E-state index in [-0.39, 0.29) is 0 Å². The summed E-state index contributed by atoms with van der Waals surface area (Å²) in [5, 5.41) is 8.70. The summed E-state index contributed by atoms with van der Waals surface area (Å²) in [4.78, 5) is 0. The standard InChI is InChI=1S/C12H22BrN3S/c1-5-16-11(12(13)10(3)15-16)8-14-7-6-9(2)17-4/h9,14H,5-8H2,1-4H3. The normalized spacial score (nSPS) is 13.0. The van der Waals surface area contributed by atoms with Crippen LogP contribution in [0.4, 0.5) is 0 Å². The predicted octanol–water partition coefficient (Wildman–Crippen LogP) is 3.21. The van der Waals surface area contributed by atoms with E-state index in [0.717, 1.165) is 35.1 Å². The molecule has 0 fully saturated rings. The monoisotopic (exact) mass is 319 g/mol. The molecule has 0 saturated heterocycles. The lowest BCUT2D eigenvalue weighted by atomic mass is 10.3. The molecule has 0 aromatic carbocycles.